The van der Waals surface area contributed by atoms with Crippen molar-refractivity contribution in [3.63, 3.8) is 0 Å². The second-order valence-corrected chi connectivity index (χ2v) is 6.27. The Morgan fingerprint density at radius 3 is 2.30 bits per heavy atom. The predicted octanol–water partition coefficient (Wildman–Crippen LogP) is 1.86. The summed E-state index contributed by atoms with van der Waals surface area (Å²) in [7, 11) is 0. The molecule has 0 aromatic rings. The van der Waals surface area contributed by atoms with E-state index in [0.717, 1.165) is 19.3 Å². The minimum atomic E-state index is -0.714. The van der Waals surface area contributed by atoms with Crippen molar-refractivity contribution in [2.45, 2.75) is 71.5 Å². The van der Waals surface area contributed by atoms with Gasteiger partial charge in [0.15, 0.2) is 0 Å². The van der Waals surface area contributed by atoms with Crippen molar-refractivity contribution in [2.75, 3.05) is 6.54 Å². The zero-order valence-corrected chi connectivity index (χ0v) is 13.1. The van der Waals surface area contributed by atoms with Crippen molar-refractivity contribution in [1.82, 2.24) is 10.2 Å². The molecular formula is C15H28N2O3. The molecule has 1 saturated carbocycles. The zero-order valence-electron chi connectivity index (χ0n) is 13.1. The molecule has 0 spiro atoms. The molecule has 0 aromatic carbocycles. The lowest BCUT2D eigenvalue weighted by Gasteiger charge is -2.32. The Morgan fingerprint density at radius 2 is 1.80 bits per heavy atom. The highest BCUT2D eigenvalue weighted by Crippen LogP contribution is 2.24. The standard InChI is InChI=1S/C15H28N2O3/c1-10(2)17(11(3)4)14(18)9-16-13-7-5-6-12(8-13)15(19)20/h10-13,16H,5-9H2,1-4H3,(H,19,20). The summed E-state index contributed by atoms with van der Waals surface area (Å²) >= 11 is 0. The number of carbonyl (C=O) groups is 2. The molecule has 0 bridgehead atoms. The SMILES string of the molecule is CC(C)N(C(=O)CNC1CCCC(C(=O)O)C1)C(C)C. The van der Waals surface area contributed by atoms with Gasteiger partial charge in [0, 0.05) is 18.1 Å². The average molecular weight is 284 g/mol. The van der Waals surface area contributed by atoms with Crippen LogP contribution in [0, 0.1) is 5.92 Å². The normalized spacial score (nSPS) is 23.1. The van der Waals surface area contributed by atoms with Crippen LogP contribution in [0.3, 0.4) is 0 Å². The molecule has 116 valence electrons. The first-order valence-corrected chi connectivity index (χ1v) is 7.60. The second kappa shape index (κ2) is 7.62. The van der Waals surface area contributed by atoms with Gasteiger partial charge < -0.3 is 15.3 Å². The van der Waals surface area contributed by atoms with E-state index >= 15 is 0 Å². The van der Waals surface area contributed by atoms with Crippen LogP contribution in [0.15, 0.2) is 0 Å². The summed E-state index contributed by atoms with van der Waals surface area (Å²) in [6.45, 7) is 8.35. The van der Waals surface area contributed by atoms with Gasteiger partial charge in [0.05, 0.1) is 12.5 Å². The summed E-state index contributed by atoms with van der Waals surface area (Å²) in [5.41, 5.74) is 0. The maximum Gasteiger partial charge on any atom is 0.306 e. The Kier molecular flexibility index (Phi) is 6.46. The summed E-state index contributed by atoms with van der Waals surface area (Å²) in [5.74, 6) is -0.885. The third kappa shape index (κ3) is 4.78. The van der Waals surface area contributed by atoms with Crippen molar-refractivity contribution < 1.29 is 14.7 Å². The lowest BCUT2D eigenvalue weighted by Crippen LogP contribution is -2.48. The number of nitrogens with zero attached hydrogens (tertiary/aromatic N) is 1. The minimum absolute atomic E-state index is 0.0902. The molecule has 2 unspecified atom stereocenters. The van der Waals surface area contributed by atoms with Crippen LogP contribution < -0.4 is 5.32 Å². The maximum absolute atomic E-state index is 12.2. The van der Waals surface area contributed by atoms with Crippen LogP contribution in [0.1, 0.15) is 53.4 Å². The highest BCUT2D eigenvalue weighted by molar-refractivity contribution is 5.78. The van der Waals surface area contributed by atoms with Gasteiger partial charge in [-0.2, -0.15) is 0 Å². The minimum Gasteiger partial charge on any atom is -0.481 e. The van der Waals surface area contributed by atoms with E-state index in [1.807, 2.05) is 32.6 Å². The predicted molar refractivity (Wildman–Crippen MR) is 78.5 cm³/mol. The first-order chi connectivity index (χ1) is 9.32. The zero-order chi connectivity index (χ0) is 15.3. The molecule has 0 aromatic heterocycles. The number of hydrogen-bond donors (Lipinski definition) is 2. The van der Waals surface area contributed by atoms with Crippen molar-refractivity contribution in [1.29, 1.82) is 0 Å². The largest absolute Gasteiger partial charge is 0.481 e. The van der Waals surface area contributed by atoms with Crippen LogP contribution in [0.5, 0.6) is 0 Å². The Balaban J connectivity index is 2.45. The van der Waals surface area contributed by atoms with E-state index in [2.05, 4.69) is 5.32 Å². The molecule has 2 N–H and O–H groups in total. The van der Waals surface area contributed by atoms with E-state index in [-0.39, 0.29) is 30.0 Å². The fourth-order valence-electron chi connectivity index (χ4n) is 3.09. The number of nitrogens with one attached hydrogen (secondary N) is 1. The number of rotatable bonds is 6. The van der Waals surface area contributed by atoms with E-state index in [4.69, 9.17) is 5.11 Å². The maximum atomic E-state index is 12.2. The van der Waals surface area contributed by atoms with Crippen molar-refractivity contribution >= 4 is 11.9 Å². The van der Waals surface area contributed by atoms with Gasteiger partial charge in [0.2, 0.25) is 5.91 Å². The van der Waals surface area contributed by atoms with Gasteiger partial charge in [-0.3, -0.25) is 9.59 Å². The third-order valence-electron chi connectivity index (χ3n) is 3.97. The molecule has 1 aliphatic rings. The summed E-state index contributed by atoms with van der Waals surface area (Å²) in [6, 6.07) is 0.514. The number of hydrogen-bond acceptors (Lipinski definition) is 3. The van der Waals surface area contributed by atoms with E-state index in [0.29, 0.717) is 13.0 Å². The molecule has 0 aliphatic heterocycles. The van der Waals surface area contributed by atoms with Crippen LogP contribution >= 0.6 is 0 Å². The monoisotopic (exact) mass is 284 g/mol. The molecular weight excluding hydrogens is 256 g/mol. The lowest BCUT2D eigenvalue weighted by atomic mass is 9.86. The molecule has 20 heavy (non-hydrogen) atoms. The van der Waals surface area contributed by atoms with Crippen LogP contribution in [-0.4, -0.2) is 46.6 Å². The Labute approximate surface area is 121 Å². The third-order valence-corrected chi connectivity index (χ3v) is 3.97. The van der Waals surface area contributed by atoms with Crippen LogP contribution in [-0.2, 0) is 9.59 Å². The topological polar surface area (TPSA) is 69.6 Å². The molecule has 5 nitrogen and oxygen atoms in total. The first-order valence-electron chi connectivity index (χ1n) is 7.60. The van der Waals surface area contributed by atoms with Crippen LogP contribution in [0.4, 0.5) is 0 Å². The molecule has 1 fully saturated rings. The van der Waals surface area contributed by atoms with Gasteiger partial charge in [-0.15, -0.1) is 0 Å². The van der Waals surface area contributed by atoms with Crippen molar-refractivity contribution in [3.05, 3.63) is 0 Å². The van der Waals surface area contributed by atoms with Gasteiger partial charge in [-0.25, -0.2) is 0 Å². The molecule has 2 atom stereocenters. The number of aliphatic carboxylic acids is 1. The molecule has 0 saturated heterocycles. The van der Waals surface area contributed by atoms with E-state index < -0.39 is 5.97 Å². The van der Waals surface area contributed by atoms with Gasteiger partial charge in [-0.1, -0.05) is 6.42 Å². The smallest absolute Gasteiger partial charge is 0.306 e. The highest BCUT2D eigenvalue weighted by Gasteiger charge is 2.28. The van der Waals surface area contributed by atoms with Crippen molar-refractivity contribution in [2.24, 2.45) is 5.92 Å². The van der Waals surface area contributed by atoms with E-state index in [1.54, 1.807) is 0 Å². The van der Waals surface area contributed by atoms with Gasteiger partial charge in [-0.05, 0) is 47.0 Å². The first kappa shape index (κ1) is 17.0. The van der Waals surface area contributed by atoms with Crippen LogP contribution in [0.2, 0.25) is 0 Å². The van der Waals surface area contributed by atoms with E-state index in [1.165, 1.54) is 0 Å². The second-order valence-electron chi connectivity index (χ2n) is 6.27. The summed E-state index contributed by atoms with van der Waals surface area (Å²) in [5, 5.41) is 12.3. The summed E-state index contributed by atoms with van der Waals surface area (Å²) < 4.78 is 0. The Bertz CT molecular complexity index is 334. The molecule has 1 rings (SSSR count). The highest BCUT2D eigenvalue weighted by atomic mass is 16.4. The molecule has 1 aliphatic carbocycles. The summed E-state index contributed by atoms with van der Waals surface area (Å²) in [6.07, 6.45) is 3.26. The number of carbonyl (C=O) groups excluding carboxylic acids is 1. The van der Waals surface area contributed by atoms with Gasteiger partial charge in [0.25, 0.3) is 0 Å². The Morgan fingerprint density at radius 1 is 1.20 bits per heavy atom. The number of carboxylic acid groups (broad SMARTS) is 1. The van der Waals surface area contributed by atoms with Gasteiger partial charge >= 0.3 is 5.97 Å². The molecule has 0 radical (unpaired) electrons. The molecule has 1 amide bonds. The van der Waals surface area contributed by atoms with Gasteiger partial charge in [0.1, 0.15) is 0 Å². The number of carboxylic acids is 1. The van der Waals surface area contributed by atoms with Crippen molar-refractivity contribution in [3.8, 4) is 0 Å². The molecule has 5 heteroatoms. The van der Waals surface area contributed by atoms with Crippen LogP contribution in [0.25, 0.3) is 0 Å². The quantitative estimate of drug-likeness (QED) is 0.781. The summed E-state index contributed by atoms with van der Waals surface area (Å²) in [4.78, 5) is 25.1. The molecule has 0 heterocycles. The van der Waals surface area contributed by atoms with E-state index in [9.17, 15) is 9.59 Å². The average Bonchev–Trinajstić information content (AvgIpc) is 2.35. The fraction of sp³-hybridized carbons (Fsp3) is 0.867. The number of amides is 1. The lowest BCUT2D eigenvalue weighted by molar-refractivity contribution is -0.143. The fourth-order valence-corrected chi connectivity index (χ4v) is 3.09. The Hall–Kier alpha value is -1.10.